The molecule has 21 heteroatoms. The molecule has 2 fully saturated rings. The summed E-state index contributed by atoms with van der Waals surface area (Å²) in [4.78, 5) is 56.5. The molecule has 1 amide bonds. The molecule has 1 unspecified atom stereocenters. The highest BCUT2D eigenvalue weighted by molar-refractivity contribution is 7.46. The Bertz CT molecular complexity index is 3240. The Morgan fingerprint density at radius 1 is 0.785 bits per heavy atom. The predicted molar refractivity (Wildman–Crippen MR) is 305 cm³/mol. The maximum atomic E-state index is 13.9. The number of hydrogen-bond donors (Lipinski definition) is 3. The van der Waals surface area contributed by atoms with Crippen LogP contribution in [0.15, 0.2) is 137 Å². The predicted octanol–water partition coefficient (Wildman–Crippen LogP) is 10.0. The van der Waals surface area contributed by atoms with Gasteiger partial charge in [0, 0.05) is 37.8 Å². The van der Waals surface area contributed by atoms with Crippen LogP contribution in [0.5, 0.6) is 11.5 Å². The Balaban J connectivity index is 1.00. The number of hydrogen-bond acceptors (Lipinski definition) is 15. The number of rotatable bonds is 22. The highest BCUT2D eigenvalue weighted by Crippen LogP contribution is 2.47. The molecule has 4 aromatic carbocycles. The second kappa shape index (κ2) is 24.4. The second-order valence-corrected chi connectivity index (χ2v) is 27.8. The Morgan fingerprint density at radius 3 is 1.96 bits per heavy atom. The molecule has 0 radical (unpaired) electrons. The van der Waals surface area contributed by atoms with Crippen LogP contribution < -0.4 is 31.4 Å². The van der Waals surface area contributed by atoms with Gasteiger partial charge < -0.3 is 47.8 Å². The molecule has 3 aromatic heterocycles. The highest BCUT2D eigenvalue weighted by atomic mass is 31.2. The fourth-order valence-corrected chi connectivity index (χ4v) is 11.9. The number of imidazole rings is 1. The summed E-state index contributed by atoms with van der Waals surface area (Å²) in [5.41, 5.74) is 1.36. The Labute approximate surface area is 462 Å². The number of H-pyrrole nitrogens is 1. The van der Waals surface area contributed by atoms with Gasteiger partial charge in [0.15, 0.2) is 27.9 Å². The highest BCUT2D eigenvalue weighted by Gasteiger charge is 2.47. The van der Waals surface area contributed by atoms with E-state index in [0.29, 0.717) is 47.5 Å². The van der Waals surface area contributed by atoms with Gasteiger partial charge in [-0.1, -0.05) is 107 Å². The number of anilines is 2. The van der Waals surface area contributed by atoms with E-state index in [9.17, 15) is 14.4 Å². The SMILES string of the molecule is COc1ccc(C(OC[C@H]2O[C@@H](n3ccc(NC(=O)c4ccccc4)nc3=O)C[C@@H]2OP(C)OC[C@H]2O[C@@H](n3cnc4c(=O)[nH]c(NCC(C)C)nc43)C[C@@H]2O[Si](C)(C)C(C)(C)C)(c2ccccc2)c2ccc(OC)cc2)cc1. The fourth-order valence-electron chi connectivity index (χ4n) is 9.51. The Hall–Kier alpha value is -6.61. The van der Waals surface area contributed by atoms with Crippen LogP contribution in [-0.2, 0) is 33.3 Å². The average molecular weight is 1120 g/mol. The van der Waals surface area contributed by atoms with Gasteiger partial charge in [0.25, 0.3) is 11.5 Å². The number of carbonyl (C=O) groups is 1. The maximum absolute atomic E-state index is 13.9. The molecule has 19 nitrogen and oxygen atoms in total. The summed E-state index contributed by atoms with van der Waals surface area (Å²) in [7, 11) is -0.760. The molecular formula is C58H71N8O11PSi. The van der Waals surface area contributed by atoms with Crippen molar-refractivity contribution in [2.45, 2.75) is 108 Å². The molecule has 2 saturated heterocycles. The number of fused-ring (bicyclic) bond motifs is 1. The van der Waals surface area contributed by atoms with Gasteiger partial charge in [0.1, 0.15) is 47.6 Å². The van der Waals surface area contributed by atoms with Crippen molar-refractivity contribution >= 4 is 45.5 Å². The zero-order valence-corrected chi connectivity index (χ0v) is 48.3. The van der Waals surface area contributed by atoms with Crippen LogP contribution in [0.25, 0.3) is 11.2 Å². The maximum Gasteiger partial charge on any atom is 0.351 e. The summed E-state index contributed by atoms with van der Waals surface area (Å²) in [6, 6.07) is 35.7. The minimum absolute atomic E-state index is 0.00896. The van der Waals surface area contributed by atoms with Gasteiger partial charge in [-0.3, -0.25) is 23.7 Å². The minimum atomic E-state index is -2.36. The molecule has 2 aliphatic rings. The van der Waals surface area contributed by atoms with E-state index in [-0.39, 0.29) is 47.7 Å². The van der Waals surface area contributed by atoms with Gasteiger partial charge >= 0.3 is 5.69 Å². The first-order valence-electron chi connectivity index (χ1n) is 26.5. The standard InChI is InChI=1S/C58H71N8O11PSi/c1-37(2)33-59-55-63-52-51(54(68)64-55)60-36-66(52)50-32-45(77-79(9,10)57(3,4)5)47(75-50)35-73-78(8)76-44-31-49(65-30-29-48(62-56(65)69)61-53(67)38-17-13-11-14-18-38)74-46(44)34-72-58(39-19-15-12-16-20-39,40-21-25-42(70-6)26-22-40)41-23-27-43(71-7)28-24-41/h11-30,36-37,44-47,49-50H,31-35H2,1-10H3,(H2,59,63,64,68)(H,61,62,67,69)/t44-,45-,46+,47+,49+,50+,78?/m0/s1. The molecule has 0 bridgehead atoms. The zero-order chi connectivity index (χ0) is 56.1. The molecule has 5 heterocycles. The van der Waals surface area contributed by atoms with Crippen LogP contribution in [0.4, 0.5) is 11.8 Å². The van der Waals surface area contributed by atoms with Crippen LogP contribution in [0.3, 0.4) is 0 Å². The summed E-state index contributed by atoms with van der Waals surface area (Å²) in [6.07, 6.45) is 0.0771. The number of methoxy groups -OCH3 is 2. The van der Waals surface area contributed by atoms with Crippen molar-refractivity contribution in [2.75, 3.05) is 51.3 Å². The third-order valence-corrected chi connectivity index (χ3v) is 20.4. The van der Waals surface area contributed by atoms with Crippen molar-refractivity contribution in [1.29, 1.82) is 0 Å². The molecular weight excluding hydrogens is 1040 g/mol. The van der Waals surface area contributed by atoms with Crippen molar-refractivity contribution < 1.29 is 42.0 Å². The van der Waals surface area contributed by atoms with E-state index >= 15 is 0 Å². The molecule has 0 aliphatic carbocycles. The lowest BCUT2D eigenvalue weighted by Crippen LogP contribution is -2.46. The lowest BCUT2D eigenvalue weighted by atomic mass is 9.80. The molecule has 0 saturated carbocycles. The molecule has 9 rings (SSSR count). The van der Waals surface area contributed by atoms with E-state index in [2.05, 4.69) is 73.3 Å². The monoisotopic (exact) mass is 1110 g/mol. The minimum Gasteiger partial charge on any atom is -0.497 e. The van der Waals surface area contributed by atoms with Crippen LogP contribution in [-0.4, -0.2) is 108 Å². The van der Waals surface area contributed by atoms with E-state index in [4.69, 9.17) is 42.1 Å². The quantitative estimate of drug-likeness (QED) is 0.0327. The third-order valence-electron chi connectivity index (χ3n) is 14.8. The van der Waals surface area contributed by atoms with Gasteiger partial charge in [-0.25, -0.2) is 9.78 Å². The number of nitrogens with zero attached hydrogens (tertiary/aromatic N) is 5. The molecule has 7 aromatic rings. The Kier molecular flexibility index (Phi) is 17.6. The van der Waals surface area contributed by atoms with Crippen LogP contribution in [0.1, 0.15) is 87.0 Å². The van der Waals surface area contributed by atoms with Crippen molar-refractivity contribution in [1.82, 2.24) is 29.1 Å². The number of amides is 1. The summed E-state index contributed by atoms with van der Waals surface area (Å²) in [5, 5.41) is 5.86. The van der Waals surface area contributed by atoms with Crippen LogP contribution >= 0.6 is 8.38 Å². The van der Waals surface area contributed by atoms with Gasteiger partial charge in [-0.05, 0) is 83.2 Å². The van der Waals surface area contributed by atoms with Gasteiger partial charge in [0.2, 0.25) is 5.95 Å². The summed E-state index contributed by atoms with van der Waals surface area (Å²) in [6.45, 7) is 17.8. The first-order valence-corrected chi connectivity index (χ1v) is 31.1. The first-order chi connectivity index (χ1) is 37.8. The van der Waals surface area contributed by atoms with Crippen molar-refractivity contribution in [3.8, 4) is 11.5 Å². The van der Waals surface area contributed by atoms with Gasteiger partial charge in [0.05, 0.1) is 46.0 Å². The number of aromatic amines is 1. The Morgan fingerprint density at radius 2 is 1.37 bits per heavy atom. The summed E-state index contributed by atoms with van der Waals surface area (Å²) >= 11 is 0. The molecule has 0 spiro atoms. The summed E-state index contributed by atoms with van der Waals surface area (Å²) in [5.74, 6) is 1.74. The fraction of sp³-hybridized carbons (Fsp3) is 0.414. The zero-order valence-electron chi connectivity index (χ0n) is 46.4. The van der Waals surface area contributed by atoms with Crippen molar-refractivity contribution in [3.05, 3.63) is 171 Å². The van der Waals surface area contributed by atoms with Crippen LogP contribution in [0.2, 0.25) is 18.1 Å². The molecule has 79 heavy (non-hydrogen) atoms. The number of nitrogens with one attached hydrogen (secondary N) is 3. The molecule has 418 valence electrons. The number of ether oxygens (including phenoxy) is 5. The topological polar surface area (TPSA) is 213 Å². The molecule has 3 N–H and O–H groups in total. The van der Waals surface area contributed by atoms with Crippen molar-refractivity contribution in [2.24, 2.45) is 5.92 Å². The number of benzene rings is 4. The van der Waals surface area contributed by atoms with Crippen molar-refractivity contribution in [3.63, 3.8) is 0 Å². The van der Waals surface area contributed by atoms with E-state index in [1.54, 1.807) is 61.6 Å². The normalized spacial score (nSPS) is 20.1. The van der Waals surface area contributed by atoms with E-state index in [1.807, 2.05) is 91.6 Å². The van der Waals surface area contributed by atoms with Gasteiger partial charge in [-0.15, -0.1) is 0 Å². The van der Waals surface area contributed by atoms with E-state index < -0.39 is 64.7 Å². The van der Waals surface area contributed by atoms with Gasteiger partial charge in [-0.2, -0.15) is 9.97 Å². The summed E-state index contributed by atoms with van der Waals surface area (Å²) < 4.78 is 56.1. The third kappa shape index (κ3) is 12.9. The lowest BCUT2D eigenvalue weighted by Gasteiger charge is -2.39. The van der Waals surface area contributed by atoms with E-state index in [1.165, 1.54) is 4.57 Å². The number of carbonyl (C=O) groups excluding carboxylic acids is 1. The number of aromatic nitrogens is 6. The smallest absolute Gasteiger partial charge is 0.351 e. The first kappa shape index (κ1) is 57.1. The lowest BCUT2D eigenvalue weighted by molar-refractivity contribution is -0.0921. The second-order valence-electron chi connectivity index (χ2n) is 21.7. The molecule has 2 aliphatic heterocycles. The van der Waals surface area contributed by atoms with E-state index in [0.717, 1.165) is 16.7 Å². The average Bonchev–Trinajstić information content (AvgIpc) is 4.18. The molecule has 7 atom stereocenters. The largest absolute Gasteiger partial charge is 0.497 e. The van der Waals surface area contributed by atoms with Crippen LogP contribution in [0, 0.1) is 5.92 Å².